The van der Waals surface area contributed by atoms with Crippen LogP contribution in [0.15, 0.2) is 34.5 Å². The molecule has 1 aromatic heterocycles. The first-order valence-electron chi connectivity index (χ1n) is 6.18. The van der Waals surface area contributed by atoms with Gasteiger partial charge in [0.25, 0.3) is 0 Å². The van der Waals surface area contributed by atoms with Crippen molar-refractivity contribution in [3.8, 4) is 11.5 Å². The molecule has 0 aliphatic carbocycles. The number of sulfonamides is 1. The first-order chi connectivity index (χ1) is 10.0. The third-order valence-corrected chi connectivity index (χ3v) is 6.14. The predicted octanol–water partition coefficient (Wildman–Crippen LogP) is 2.65. The molecule has 0 bridgehead atoms. The number of fused-ring (bicyclic) bond motifs is 1. The van der Waals surface area contributed by atoms with Gasteiger partial charge in [0.15, 0.2) is 11.5 Å². The smallest absolute Gasteiger partial charge is 0.250 e. The Morgan fingerprint density at radius 2 is 2.00 bits per heavy atom. The molecule has 2 aromatic rings. The van der Waals surface area contributed by atoms with Crippen molar-refractivity contribution in [2.24, 2.45) is 0 Å². The maximum absolute atomic E-state index is 12.0. The highest BCUT2D eigenvalue weighted by atomic mass is 35.5. The molecule has 0 saturated heterocycles. The van der Waals surface area contributed by atoms with Crippen LogP contribution in [0.4, 0.5) is 0 Å². The number of hydrogen-bond donors (Lipinski definition) is 1. The van der Waals surface area contributed by atoms with Crippen molar-refractivity contribution >= 4 is 33.0 Å². The summed E-state index contributed by atoms with van der Waals surface area (Å²) in [5.74, 6) is 1.41. The van der Waals surface area contributed by atoms with E-state index in [1.165, 1.54) is 6.07 Å². The molecular weight excluding hydrogens is 334 g/mol. The summed E-state index contributed by atoms with van der Waals surface area (Å²) in [6, 6.07) is 8.64. The van der Waals surface area contributed by atoms with Crippen molar-refractivity contribution in [2.75, 3.05) is 13.3 Å². The number of halogens is 1. The summed E-state index contributed by atoms with van der Waals surface area (Å²) < 4.78 is 37.8. The number of rotatable bonds is 5. The average molecular weight is 346 g/mol. The van der Waals surface area contributed by atoms with Crippen LogP contribution < -0.4 is 14.2 Å². The van der Waals surface area contributed by atoms with Crippen LogP contribution in [0.2, 0.25) is 4.34 Å². The molecule has 3 rings (SSSR count). The van der Waals surface area contributed by atoms with E-state index in [2.05, 4.69) is 4.72 Å². The van der Waals surface area contributed by atoms with Gasteiger partial charge in [0.2, 0.25) is 16.8 Å². The zero-order valence-electron chi connectivity index (χ0n) is 10.8. The van der Waals surface area contributed by atoms with Crippen LogP contribution in [-0.2, 0) is 16.4 Å². The third kappa shape index (κ3) is 3.32. The highest BCUT2D eigenvalue weighted by Gasteiger charge is 2.17. The summed E-state index contributed by atoms with van der Waals surface area (Å²) in [5.41, 5.74) is 0.978. The van der Waals surface area contributed by atoms with Crippen LogP contribution in [0.25, 0.3) is 0 Å². The van der Waals surface area contributed by atoms with Crippen LogP contribution in [-0.4, -0.2) is 21.8 Å². The third-order valence-electron chi connectivity index (χ3n) is 2.96. The van der Waals surface area contributed by atoms with Gasteiger partial charge in [-0.25, -0.2) is 13.1 Å². The Morgan fingerprint density at radius 1 is 1.19 bits per heavy atom. The Morgan fingerprint density at radius 3 is 2.76 bits per heavy atom. The lowest BCUT2D eigenvalue weighted by Gasteiger charge is -2.05. The summed E-state index contributed by atoms with van der Waals surface area (Å²) in [6.07, 6.45) is 0.564. The number of hydrogen-bond acceptors (Lipinski definition) is 5. The van der Waals surface area contributed by atoms with Gasteiger partial charge in [-0.15, -0.1) is 11.3 Å². The minimum atomic E-state index is -3.49. The van der Waals surface area contributed by atoms with Crippen molar-refractivity contribution in [2.45, 2.75) is 10.6 Å². The highest BCUT2D eigenvalue weighted by Crippen LogP contribution is 2.32. The molecule has 0 saturated carbocycles. The molecule has 0 amide bonds. The van der Waals surface area contributed by atoms with E-state index >= 15 is 0 Å². The predicted molar refractivity (Wildman–Crippen MR) is 80.8 cm³/mol. The minimum absolute atomic E-state index is 0.221. The van der Waals surface area contributed by atoms with Crippen LogP contribution >= 0.6 is 22.9 Å². The fourth-order valence-corrected chi connectivity index (χ4v) is 4.50. The largest absolute Gasteiger partial charge is 0.454 e. The van der Waals surface area contributed by atoms with Crippen molar-refractivity contribution < 1.29 is 17.9 Å². The summed E-state index contributed by atoms with van der Waals surface area (Å²) in [6.45, 7) is 0.530. The normalized spacial score (nSPS) is 13.6. The van der Waals surface area contributed by atoms with Crippen LogP contribution in [0, 0.1) is 0 Å². The van der Waals surface area contributed by atoms with E-state index in [0.717, 1.165) is 16.9 Å². The molecule has 2 heterocycles. The lowest BCUT2D eigenvalue weighted by atomic mass is 10.1. The second-order valence-electron chi connectivity index (χ2n) is 4.39. The topological polar surface area (TPSA) is 64.6 Å². The quantitative estimate of drug-likeness (QED) is 0.904. The second-order valence-corrected chi connectivity index (χ2v) is 8.10. The molecule has 21 heavy (non-hydrogen) atoms. The molecule has 0 fully saturated rings. The summed E-state index contributed by atoms with van der Waals surface area (Å²) in [4.78, 5) is 0. The number of ether oxygens (including phenoxy) is 2. The molecule has 1 aromatic carbocycles. The van der Waals surface area contributed by atoms with E-state index in [4.69, 9.17) is 21.1 Å². The first-order valence-corrected chi connectivity index (χ1v) is 8.86. The average Bonchev–Trinajstić information content (AvgIpc) is 3.06. The van der Waals surface area contributed by atoms with Gasteiger partial charge in [0.1, 0.15) is 4.21 Å². The molecule has 0 radical (unpaired) electrons. The molecule has 112 valence electrons. The van der Waals surface area contributed by atoms with Gasteiger partial charge >= 0.3 is 0 Å². The Balaban J connectivity index is 1.61. The lowest BCUT2D eigenvalue weighted by molar-refractivity contribution is 0.174. The number of benzene rings is 1. The van der Waals surface area contributed by atoms with Crippen molar-refractivity contribution in [3.05, 3.63) is 40.2 Å². The molecule has 0 atom stereocenters. The summed E-state index contributed by atoms with van der Waals surface area (Å²) in [5, 5.41) is 0. The molecule has 0 spiro atoms. The molecule has 1 aliphatic rings. The molecular formula is C13H12ClNO4S2. The second kappa shape index (κ2) is 5.84. The fourth-order valence-electron chi connectivity index (χ4n) is 1.94. The van der Waals surface area contributed by atoms with Crippen molar-refractivity contribution in [1.29, 1.82) is 0 Å². The van der Waals surface area contributed by atoms with Crippen LogP contribution in [0.3, 0.4) is 0 Å². The van der Waals surface area contributed by atoms with Gasteiger partial charge in [-0.3, -0.25) is 0 Å². The van der Waals surface area contributed by atoms with Crippen molar-refractivity contribution in [3.63, 3.8) is 0 Å². The molecule has 8 heteroatoms. The van der Waals surface area contributed by atoms with Gasteiger partial charge in [0, 0.05) is 6.54 Å². The van der Waals surface area contributed by atoms with Gasteiger partial charge in [-0.2, -0.15) is 0 Å². The van der Waals surface area contributed by atoms with Crippen LogP contribution in [0.1, 0.15) is 5.56 Å². The SMILES string of the molecule is O=S(=O)(NCCc1ccc2c(c1)OCO2)c1ccc(Cl)s1. The zero-order valence-corrected chi connectivity index (χ0v) is 13.2. The molecule has 5 nitrogen and oxygen atoms in total. The van der Waals surface area contributed by atoms with E-state index in [0.29, 0.717) is 28.8 Å². The van der Waals surface area contributed by atoms with Gasteiger partial charge in [0.05, 0.1) is 4.34 Å². The number of thiophene rings is 1. The monoisotopic (exact) mass is 345 g/mol. The zero-order chi connectivity index (χ0) is 14.9. The number of nitrogens with one attached hydrogen (secondary N) is 1. The van der Waals surface area contributed by atoms with Gasteiger partial charge < -0.3 is 9.47 Å². The molecule has 1 N–H and O–H groups in total. The Hall–Kier alpha value is -1.28. The maximum atomic E-state index is 12.0. The Kier molecular flexibility index (Phi) is 4.08. The minimum Gasteiger partial charge on any atom is -0.454 e. The van der Waals surface area contributed by atoms with E-state index in [1.54, 1.807) is 6.07 Å². The summed E-state index contributed by atoms with van der Waals surface area (Å²) in [7, 11) is -3.49. The Labute approximate surface area is 131 Å². The first kappa shape index (κ1) is 14.6. The maximum Gasteiger partial charge on any atom is 0.250 e. The Bertz CT molecular complexity index is 757. The van der Waals surface area contributed by atoms with E-state index in [-0.39, 0.29) is 11.0 Å². The molecule has 1 aliphatic heterocycles. The van der Waals surface area contributed by atoms with Crippen molar-refractivity contribution in [1.82, 2.24) is 4.72 Å². The van der Waals surface area contributed by atoms with Crippen LogP contribution in [0.5, 0.6) is 11.5 Å². The van der Waals surface area contributed by atoms with Gasteiger partial charge in [-0.1, -0.05) is 17.7 Å². The van der Waals surface area contributed by atoms with E-state index in [9.17, 15) is 8.42 Å². The fraction of sp³-hybridized carbons (Fsp3) is 0.231. The standard InChI is InChI=1S/C13H12ClNO4S2/c14-12-3-4-13(20-12)21(16,17)15-6-5-9-1-2-10-11(7-9)19-8-18-10/h1-4,7,15H,5-6,8H2. The lowest BCUT2D eigenvalue weighted by Crippen LogP contribution is -2.25. The highest BCUT2D eigenvalue weighted by molar-refractivity contribution is 7.91. The van der Waals surface area contributed by atoms with E-state index in [1.807, 2.05) is 18.2 Å². The van der Waals surface area contributed by atoms with Gasteiger partial charge in [-0.05, 0) is 36.2 Å². The molecule has 0 unspecified atom stereocenters. The van der Waals surface area contributed by atoms with E-state index < -0.39 is 10.0 Å². The summed E-state index contributed by atoms with van der Waals surface area (Å²) >= 11 is 6.79.